The molecule has 0 aliphatic heterocycles. The zero-order valence-electron chi connectivity index (χ0n) is 32.8. The van der Waals surface area contributed by atoms with Crippen LogP contribution in [0.5, 0.6) is 0 Å². The quantitative estimate of drug-likeness (QED) is 0.128. The van der Waals surface area contributed by atoms with Crippen molar-refractivity contribution in [2.75, 3.05) is 9.80 Å². The summed E-state index contributed by atoms with van der Waals surface area (Å²) in [5.41, 5.74) is 14.0. The van der Waals surface area contributed by atoms with Crippen molar-refractivity contribution in [2.24, 2.45) is 0 Å². The Morgan fingerprint density at radius 3 is 0.800 bits per heavy atom. The summed E-state index contributed by atoms with van der Waals surface area (Å²) in [6.07, 6.45) is 0. The molecule has 0 N–H and O–H groups in total. The molecule has 0 saturated heterocycles. The summed E-state index contributed by atoms with van der Waals surface area (Å²) in [7, 11) is 0. The van der Waals surface area contributed by atoms with Crippen LogP contribution < -0.4 is 9.80 Å². The molecule has 2 aromatic heterocycles. The Morgan fingerprint density at radius 1 is 0.233 bits per heavy atom. The van der Waals surface area contributed by atoms with Crippen molar-refractivity contribution in [1.82, 2.24) is 0 Å². The van der Waals surface area contributed by atoms with Crippen LogP contribution in [-0.2, 0) is 0 Å². The van der Waals surface area contributed by atoms with Gasteiger partial charge < -0.3 is 9.80 Å². The first kappa shape index (κ1) is 37.1. The van der Waals surface area contributed by atoms with E-state index in [-0.39, 0.29) is 0 Å². The highest BCUT2D eigenvalue weighted by molar-refractivity contribution is 7.26. The van der Waals surface area contributed by atoms with Gasteiger partial charge in [0.05, 0.1) is 9.75 Å². The minimum absolute atomic E-state index is 1.11. The number of nitrogens with zero attached hydrogens (tertiary/aromatic N) is 2. The summed E-state index contributed by atoms with van der Waals surface area (Å²) in [5.74, 6) is 0. The third kappa shape index (κ3) is 7.58. The lowest BCUT2D eigenvalue weighted by atomic mass is 10.0. The van der Waals surface area contributed by atoms with Crippen molar-refractivity contribution >= 4 is 55.4 Å². The second-order valence-electron chi connectivity index (χ2n) is 14.6. The van der Waals surface area contributed by atoms with Crippen molar-refractivity contribution in [1.29, 1.82) is 0 Å². The third-order valence-electron chi connectivity index (χ3n) is 10.7. The molecule has 2 nitrogen and oxygen atoms in total. The Kier molecular flexibility index (Phi) is 10.5. The molecule has 0 aliphatic rings. The highest BCUT2D eigenvalue weighted by atomic mass is 32.1. The Labute approximate surface area is 360 Å². The van der Waals surface area contributed by atoms with Crippen LogP contribution in [0, 0.1) is 0 Å². The maximum Gasteiger partial charge on any atom is 0.101 e. The maximum atomic E-state index is 2.40. The number of hydrogen-bond donors (Lipinski definition) is 0. The monoisotopic (exact) mass is 804 g/mol. The number of para-hydroxylation sites is 2. The van der Waals surface area contributed by atoms with Crippen molar-refractivity contribution in [3.63, 3.8) is 0 Å². The predicted octanol–water partition coefficient (Wildman–Crippen LogP) is 17.1. The van der Waals surface area contributed by atoms with E-state index < -0.39 is 0 Å². The standard InChI is InChI=1S/C56H40N2S2/c1-7-19-41(20-8-1)43-31-35-49(36-32-43)57(47-27-15-5-16-28-47)53-39-51(45-23-11-3-12-24-45)55(59-53)56-52(46-25-13-4-14-26-46)40-54(60-56)58(48-29-17-6-18-30-48)50-37-33-44(34-38-50)42-21-9-2-10-22-42/h1-40H. The van der Waals surface area contributed by atoms with Crippen LogP contribution in [0.25, 0.3) is 54.3 Å². The normalized spacial score (nSPS) is 11.0. The van der Waals surface area contributed by atoms with Crippen LogP contribution in [0.4, 0.5) is 32.8 Å². The largest absolute Gasteiger partial charge is 0.302 e. The van der Waals surface area contributed by atoms with Crippen LogP contribution in [-0.4, -0.2) is 0 Å². The zero-order valence-corrected chi connectivity index (χ0v) is 34.4. The molecule has 0 fully saturated rings. The molecular formula is C56H40N2S2. The van der Waals surface area contributed by atoms with E-state index in [1.165, 1.54) is 54.3 Å². The molecule has 0 unspecified atom stereocenters. The third-order valence-corrected chi connectivity index (χ3v) is 13.2. The number of hydrogen-bond acceptors (Lipinski definition) is 4. The second kappa shape index (κ2) is 16.9. The molecule has 2 heterocycles. The molecule has 286 valence electrons. The topological polar surface area (TPSA) is 6.48 Å². The molecule has 0 aliphatic carbocycles. The molecule has 0 amide bonds. The minimum atomic E-state index is 1.11. The molecule has 10 rings (SSSR count). The Hall–Kier alpha value is -7.24. The van der Waals surface area contributed by atoms with Crippen LogP contribution >= 0.6 is 22.7 Å². The summed E-state index contributed by atoms with van der Waals surface area (Å²) in [4.78, 5) is 7.27. The fraction of sp³-hybridized carbons (Fsp3) is 0. The summed E-state index contributed by atoms with van der Waals surface area (Å²) in [6, 6.07) is 87.0. The van der Waals surface area contributed by atoms with Crippen molar-refractivity contribution in [3.05, 3.63) is 243 Å². The van der Waals surface area contributed by atoms with Gasteiger partial charge in [0.2, 0.25) is 0 Å². The number of anilines is 6. The molecule has 0 saturated carbocycles. The van der Waals surface area contributed by atoms with Gasteiger partial charge in [0.1, 0.15) is 10.0 Å². The zero-order chi connectivity index (χ0) is 40.1. The van der Waals surface area contributed by atoms with Gasteiger partial charge in [0, 0.05) is 33.9 Å². The van der Waals surface area contributed by atoms with Crippen LogP contribution in [0.1, 0.15) is 0 Å². The van der Waals surface area contributed by atoms with E-state index in [1.807, 2.05) is 22.7 Å². The van der Waals surface area contributed by atoms with E-state index in [0.29, 0.717) is 0 Å². The van der Waals surface area contributed by atoms with E-state index in [4.69, 9.17) is 0 Å². The smallest absolute Gasteiger partial charge is 0.101 e. The first-order chi connectivity index (χ1) is 29.8. The Balaban J connectivity index is 1.16. The van der Waals surface area contributed by atoms with Gasteiger partial charge in [-0.05, 0) is 94.0 Å². The van der Waals surface area contributed by atoms with Crippen molar-refractivity contribution < 1.29 is 0 Å². The lowest BCUT2D eigenvalue weighted by molar-refractivity contribution is 1.32. The average molecular weight is 805 g/mol. The number of thiophene rings is 2. The van der Waals surface area contributed by atoms with E-state index in [2.05, 4.69) is 252 Å². The summed E-state index contributed by atoms with van der Waals surface area (Å²) in [5, 5.41) is 2.29. The van der Waals surface area contributed by atoms with Gasteiger partial charge >= 0.3 is 0 Å². The van der Waals surface area contributed by atoms with E-state index in [9.17, 15) is 0 Å². The summed E-state index contributed by atoms with van der Waals surface area (Å²) < 4.78 is 0. The fourth-order valence-electron chi connectivity index (χ4n) is 7.81. The summed E-state index contributed by atoms with van der Waals surface area (Å²) in [6.45, 7) is 0. The molecule has 60 heavy (non-hydrogen) atoms. The first-order valence-corrected chi connectivity index (χ1v) is 21.8. The SMILES string of the molecule is c1ccc(-c2ccc(N(c3ccccc3)c3cc(-c4ccccc4)c(-c4sc(N(c5ccccc5)c5ccc(-c6ccccc6)cc5)cc4-c4ccccc4)s3)cc2)cc1. The van der Waals surface area contributed by atoms with E-state index in [1.54, 1.807) is 0 Å². The molecule has 10 aromatic rings. The average Bonchev–Trinajstić information content (AvgIpc) is 3.97. The van der Waals surface area contributed by atoms with Gasteiger partial charge in [-0.15, -0.1) is 22.7 Å². The highest BCUT2D eigenvalue weighted by Gasteiger charge is 2.26. The van der Waals surface area contributed by atoms with Crippen molar-refractivity contribution in [3.8, 4) is 54.3 Å². The predicted molar refractivity (Wildman–Crippen MR) is 259 cm³/mol. The highest BCUT2D eigenvalue weighted by Crippen LogP contribution is 2.54. The Morgan fingerprint density at radius 2 is 0.483 bits per heavy atom. The van der Waals surface area contributed by atoms with Gasteiger partial charge in [-0.1, -0.05) is 182 Å². The van der Waals surface area contributed by atoms with Gasteiger partial charge in [0.15, 0.2) is 0 Å². The molecule has 0 atom stereocenters. The van der Waals surface area contributed by atoms with Crippen molar-refractivity contribution in [2.45, 2.75) is 0 Å². The van der Waals surface area contributed by atoms with E-state index >= 15 is 0 Å². The van der Waals surface area contributed by atoms with Crippen LogP contribution in [0.2, 0.25) is 0 Å². The lowest BCUT2D eigenvalue weighted by Crippen LogP contribution is -2.08. The van der Waals surface area contributed by atoms with Gasteiger partial charge in [0.25, 0.3) is 0 Å². The van der Waals surface area contributed by atoms with Crippen LogP contribution in [0.15, 0.2) is 243 Å². The first-order valence-electron chi connectivity index (χ1n) is 20.2. The van der Waals surface area contributed by atoms with E-state index in [0.717, 1.165) is 32.8 Å². The van der Waals surface area contributed by atoms with Gasteiger partial charge in [-0.3, -0.25) is 0 Å². The molecule has 8 aromatic carbocycles. The van der Waals surface area contributed by atoms with Gasteiger partial charge in [-0.2, -0.15) is 0 Å². The number of rotatable bonds is 11. The molecule has 0 bridgehead atoms. The van der Waals surface area contributed by atoms with Gasteiger partial charge in [-0.25, -0.2) is 0 Å². The molecular weight excluding hydrogens is 765 g/mol. The lowest BCUT2D eigenvalue weighted by Gasteiger charge is -2.24. The second-order valence-corrected chi connectivity index (χ2v) is 16.6. The molecule has 0 spiro atoms. The fourth-order valence-corrected chi connectivity index (χ4v) is 10.4. The Bertz CT molecular complexity index is 2720. The minimum Gasteiger partial charge on any atom is -0.302 e. The molecule has 0 radical (unpaired) electrons. The maximum absolute atomic E-state index is 2.40. The molecule has 4 heteroatoms. The summed E-state index contributed by atoms with van der Waals surface area (Å²) >= 11 is 3.70. The number of benzene rings is 8. The van der Waals surface area contributed by atoms with Crippen LogP contribution in [0.3, 0.4) is 0 Å².